The maximum Gasteiger partial charge on any atom is 0.125 e. The van der Waals surface area contributed by atoms with Crippen LogP contribution >= 0.6 is 15.9 Å². The Kier molecular flexibility index (Phi) is 9.73. The molecular formula is C17H27BrFN. The van der Waals surface area contributed by atoms with E-state index >= 15 is 0 Å². The number of rotatable bonds is 11. The van der Waals surface area contributed by atoms with Gasteiger partial charge in [-0.25, -0.2) is 4.39 Å². The van der Waals surface area contributed by atoms with Gasteiger partial charge in [-0.1, -0.05) is 54.1 Å². The molecule has 0 spiro atoms. The van der Waals surface area contributed by atoms with Crippen LogP contribution in [0.5, 0.6) is 0 Å². The molecule has 0 unspecified atom stereocenters. The third-order valence-electron chi connectivity index (χ3n) is 3.62. The summed E-state index contributed by atoms with van der Waals surface area (Å²) in [4.78, 5) is 2.26. The number of alkyl halides is 1. The molecule has 0 radical (unpaired) electrons. The van der Waals surface area contributed by atoms with E-state index in [1.165, 1.54) is 51.0 Å². The fourth-order valence-electron chi connectivity index (χ4n) is 2.42. The minimum absolute atomic E-state index is 0.146. The highest BCUT2D eigenvalue weighted by atomic mass is 79.9. The number of unbranched alkanes of at least 4 members (excludes halogenated alkanes) is 6. The van der Waals surface area contributed by atoms with Crippen LogP contribution in [0.15, 0.2) is 24.3 Å². The quantitative estimate of drug-likeness (QED) is 0.363. The van der Waals surface area contributed by atoms with Crippen molar-refractivity contribution in [3.63, 3.8) is 0 Å². The second-order valence-electron chi connectivity index (χ2n) is 5.22. The largest absolute Gasteiger partial charge is 0.372 e. The van der Waals surface area contributed by atoms with Gasteiger partial charge in [0.05, 0.1) is 0 Å². The van der Waals surface area contributed by atoms with Crippen molar-refractivity contribution >= 4 is 21.6 Å². The van der Waals surface area contributed by atoms with Crippen LogP contribution in [0.25, 0.3) is 0 Å². The third-order valence-corrected chi connectivity index (χ3v) is 4.18. The molecule has 0 amide bonds. The van der Waals surface area contributed by atoms with Gasteiger partial charge in [-0.15, -0.1) is 0 Å². The van der Waals surface area contributed by atoms with Gasteiger partial charge in [0.1, 0.15) is 5.82 Å². The molecule has 3 heteroatoms. The summed E-state index contributed by atoms with van der Waals surface area (Å²) in [7, 11) is 0. The maximum absolute atomic E-state index is 13.2. The Morgan fingerprint density at radius 1 is 1.00 bits per heavy atom. The highest BCUT2D eigenvalue weighted by Gasteiger charge is 2.04. The van der Waals surface area contributed by atoms with Gasteiger partial charge in [0.25, 0.3) is 0 Å². The highest BCUT2D eigenvalue weighted by Crippen LogP contribution is 2.16. The van der Waals surface area contributed by atoms with Crippen LogP contribution < -0.4 is 4.90 Å². The third kappa shape index (κ3) is 7.28. The maximum atomic E-state index is 13.2. The van der Waals surface area contributed by atoms with E-state index in [-0.39, 0.29) is 5.82 Å². The predicted molar refractivity (Wildman–Crippen MR) is 90.4 cm³/mol. The summed E-state index contributed by atoms with van der Waals surface area (Å²) in [6.07, 6.45) is 9.14. The minimum Gasteiger partial charge on any atom is -0.372 e. The Labute approximate surface area is 131 Å². The van der Waals surface area contributed by atoms with Gasteiger partial charge in [0, 0.05) is 24.1 Å². The highest BCUT2D eigenvalue weighted by molar-refractivity contribution is 9.09. The lowest BCUT2D eigenvalue weighted by Crippen LogP contribution is -2.23. The van der Waals surface area contributed by atoms with Crippen molar-refractivity contribution in [3.05, 3.63) is 30.1 Å². The van der Waals surface area contributed by atoms with Crippen molar-refractivity contribution in [1.82, 2.24) is 0 Å². The molecule has 0 aromatic heterocycles. The Balaban J connectivity index is 2.16. The van der Waals surface area contributed by atoms with E-state index in [2.05, 4.69) is 27.8 Å². The molecule has 0 atom stereocenters. The van der Waals surface area contributed by atoms with Gasteiger partial charge in [-0.2, -0.15) is 0 Å². The van der Waals surface area contributed by atoms with Gasteiger partial charge >= 0.3 is 0 Å². The minimum atomic E-state index is -0.146. The van der Waals surface area contributed by atoms with E-state index in [0.29, 0.717) is 0 Å². The van der Waals surface area contributed by atoms with E-state index in [0.717, 1.165) is 24.1 Å². The molecule has 1 nitrogen and oxygen atoms in total. The lowest BCUT2D eigenvalue weighted by atomic mass is 10.1. The molecular weight excluding hydrogens is 317 g/mol. The van der Waals surface area contributed by atoms with Crippen LogP contribution in [0.2, 0.25) is 0 Å². The molecule has 1 rings (SSSR count). The average Bonchev–Trinajstić information content (AvgIpc) is 2.46. The summed E-state index contributed by atoms with van der Waals surface area (Å²) >= 11 is 3.46. The molecule has 1 aromatic rings. The summed E-state index contributed by atoms with van der Waals surface area (Å²) in [6, 6.07) is 6.91. The summed E-state index contributed by atoms with van der Waals surface area (Å²) in [5.41, 5.74) is 1.00. The van der Waals surface area contributed by atoms with Gasteiger partial charge < -0.3 is 4.90 Å². The molecule has 0 aliphatic carbocycles. The summed E-state index contributed by atoms with van der Waals surface area (Å²) in [6.45, 7) is 4.10. The normalized spacial score (nSPS) is 10.8. The molecule has 20 heavy (non-hydrogen) atoms. The second-order valence-corrected chi connectivity index (χ2v) is 6.02. The van der Waals surface area contributed by atoms with Crippen molar-refractivity contribution in [1.29, 1.82) is 0 Å². The van der Waals surface area contributed by atoms with Crippen molar-refractivity contribution in [2.24, 2.45) is 0 Å². The van der Waals surface area contributed by atoms with E-state index in [1.807, 2.05) is 6.07 Å². The molecule has 0 heterocycles. The molecule has 0 saturated heterocycles. The smallest absolute Gasteiger partial charge is 0.125 e. The molecule has 0 N–H and O–H groups in total. The monoisotopic (exact) mass is 343 g/mol. The fraction of sp³-hybridized carbons (Fsp3) is 0.647. The number of hydrogen-bond donors (Lipinski definition) is 0. The van der Waals surface area contributed by atoms with Crippen LogP contribution in [0, 0.1) is 5.82 Å². The number of benzene rings is 1. The first-order chi connectivity index (χ1) is 9.77. The molecule has 0 saturated carbocycles. The predicted octanol–water partition coefficient (Wildman–Crippen LogP) is 5.78. The van der Waals surface area contributed by atoms with Crippen molar-refractivity contribution in [3.8, 4) is 0 Å². The van der Waals surface area contributed by atoms with E-state index < -0.39 is 0 Å². The first kappa shape index (κ1) is 17.5. The topological polar surface area (TPSA) is 3.24 Å². The van der Waals surface area contributed by atoms with Crippen LogP contribution in [0.3, 0.4) is 0 Å². The Hall–Kier alpha value is -0.570. The number of nitrogens with zero attached hydrogens (tertiary/aromatic N) is 1. The molecule has 0 aliphatic heterocycles. The van der Waals surface area contributed by atoms with Gasteiger partial charge in [-0.05, 0) is 38.0 Å². The molecule has 0 fully saturated rings. The zero-order valence-corrected chi connectivity index (χ0v) is 14.2. The lowest BCUT2D eigenvalue weighted by Gasteiger charge is -2.23. The van der Waals surface area contributed by atoms with Crippen LogP contribution in [0.1, 0.15) is 51.9 Å². The zero-order valence-electron chi connectivity index (χ0n) is 12.6. The van der Waals surface area contributed by atoms with E-state index in [4.69, 9.17) is 0 Å². The van der Waals surface area contributed by atoms with Crippen molar-refractivity contribution < 1.29 is 4.39 Å². The van der Waals surface area contributed by atoms with Crippen molar-refractivity contribution in [2.75, 3.05) is 23.3 Å². The Morgan fingerprint density at radius 3 is 2.25 bits per heavy atom. The average molecular weight is 344 g/mol. The number of halogens is 2. The first-order valence-electron chi connectivity index (χ1n) is 7.84. The van der Waals surface area contributed by atoms with Crippen LogP contribution in [0.4, 0.5) is 10.1 Å². The molecule has 1 aromatic carbocycles. The molecule has 114 valence electrons. The SMILES string of the molecule is CCN(CCCCCCCCCBr)c1cccc(F)c1. The van der Waals surface area contributed by atoms with Gasteiger partial charge in [-0.3, -0.25) is 0 Å². The summed E-state index contributed by atoms with van der Waals surface area (Å²) in [5, 5.41) is 1.13. The molecule has 0 aliphatic rings. The summed E-state index contributed by atoms with van der Waals surface area (Å²) < 4.78 is 13.2. The summed E-state index contributed by atoms with van der Waals surface area (Å²) in [5.74, 6) is -0.146. The van der Waals surface area contributed by atoms with Crippen molar-refractivity contribution in [2.45, 2.75) is 51.9 Å². The second kappa shape index (κ2) is 11.1. The van der Waals surface area contributed by atoms with Gasteiger partial charge in [0.15, 0.2) is 0 Å². The standard InChI is InChI=1S/C17H27BrFN/c1-2-20(17-12-10-11-16(19)15-17)14-9-7-5-3-4-6-8-13-18/h10-12,15H,2-9,13-14H2,1H3. The number of hydrogen-bond acceptors (Lipinski definition) is 1. The van der Waals surface area contributed by atoms with Gasteiger partial charge in [0.2, 0.25) is 0 Å². The zero-order chi connectivity index (χ0) is 14.6. The van der Waals surface area contributed by atoms with E-state index in [9.17, 15) is 4.39 Å². The Bertz CT molecular complexity index is 357. The first-order valence-corrected chi connectivity index (χ1v) is 8.96. The van der Waals surface area contributed by atoms with Crippen LogP contribution in [-0.2, 0) is 0 Å². The number of anilines is 1. The Morgan fingerprint density at radius 2 is 1.65 bits per heavy atom. The lowest BCUT2D eigenvalue weighted by molar-refractivity contribution is 0.585. The molecule has 0 bridgehead atoms. The van der Waals surface area contributed by atoms with Crippen LogP contribution in [-0.4, -0.2) is 18.4 Å². The fourth-order valence-corrected chi connectivity index (χ4v) is 2.82. The van der Waals surface area contributed by atoms with E-state index in [1.54, 1.807) is 12.1 Å².